The van der Waals surface area contributed by atoms with Gasteiger partial charge in [0.05, 0.1) is 4.90 Å². The van der Waals surface area contributed by atoms with E-state index in [1.165, 1.54) is 6.07 Å². The van der Waals surface area contributed by atoms with Crippen molar-refractivity contribution in [2.75, 3.05) is 12.3 Å². The lowest BCUT2D eigenvalue weighted by atomic mass is 10.2. The van der Waals surface area contributed by atoms with E-state index in [-0.39, 0.29) is 23.3 Å². The smallest absolute Gasteiger partial charge is 0.241 e. The Morgan fingerprint density at radius 2 is 2.17 bits per heavy atom. The molecule has 0 spiro atoms. The zero-order chi connectivity index (χ0) is 13.3. The number of aryl methyl sites for hydroxylation is 1. The average molecular weight is 269 g/mol. The molecule has 1 atom stereocenters. The fourth-order valence-electron chi connectivity index (χ4n) is 1.95. The van der Waals surface area contributed by atoms with Crippen molar-refractivity contribution in [2.45, 2.75) is 24.3 Å². The van der Waals surface area contributed by atoms with E-state index in [4.69, 9.17) is 5.73 Å². The Hall–Kier alpha value is -1.60. The summed E-state index contributed by atoms with van der Waals surface area (Å²) in [7, 11) is -3.61. The summed E-state index contributed by atoms with van der Waals surface area (Å²) in [6, 6.07) is 4.23. The monoisotopic (exact) mass is 269 g/mol. The highest BCUT2D eigenvalue weighted by molar-refractivity contribution is 7.89. The van der Waals surface area contributed by atoms with Crippen LogP contribution in [0.15, 0.2) is 23.1 Å². The zero-order valence-electron chi connectivity index (χ0n) is 9.93. The second-order valence-corrected chi connectivity index (χ2v) is 6.03. The van der Waals surface area contributed by atoms with Crippen LogP contribution in [0.1, 0.15) is 12.0 Å². The maximum absolute atomic E-state index is 12.1. The van der Waals surface area contributed by atoms with Gasteiger partial charge in [0.25, 0.3) is 0 Å². The largest absolute Gasteiger partial charge is 0.399 e. The lowest BCUT2D eigenvalue weighted by Crippen LogP contribution is -2.36. The van der Waals surface area contributed by atoms with E-state index in [2.05, 4.69) is 10.0 Å². The molecule has 1 aliphatic rings. The van der Waals surface area contributed by atoms with Gasteiger partial charge in [0.15, 0.2) is 0 Å². The zero-order valence-corrected chi connectivity index (χ0v) is 10.8. The quantitative estimate of drug-likeness (QED) is 0.658. The van der Waals surface area contributed by atoms with Crippen LogP contribution in [0.5, 0.6) is 0 Å². The van der Waals surface area contributed by atoms with Gasteiger partial charge in [0, 0.05) is 24.7 Å². The summed E-state index contributed by atoms with van der Waals surface area (Å²) >= 11 is 0. The molecule has 1 fully saturated rings. The van der Waals surface area contributed by atoms with Crippen molar-refractivity contribution >= 4 is 21.6 Å². The molecule has 1 aromatic carbocycles. The molecule has 1 saturated heterocycles. The van der Waals surface area contributed by atoms with Gasteiger partial charge in [-0.15, -0.1) is 0 Å². The molecule has 2 rings (SSSR count). The number of hydrogen-bond acceptors (Lipinski definition) is 4. The van der Waals surface area contributed by atoms with Gasteiger partial charge in [0.1, 0.15) is 0 Å². The maximum atomic E-state index is 12.1. The molecule has 0 saturated carbocycles. The summed E-state index contributed by atoms with van der Waals surface area (Å²) in [5.74, 6) is -0.142. The van der Waals surface area contributed by atoms with Crippen molar-refractivity contribution in [2.24, 2.45) is 0 Å². The minimum Gasteiger partial charge on any atom is -0.399 e. The van der Waals surface area contributed by atoms with Crippen LogP contribution in [0.3, 0.4) is 0 Å². The van der Waals surface area contributed by atoms with Crippen LogP contribution < -0.4 is 15.8 Å². The number of nitrogen functional groups attached to an aromatic ring is 1. The summed E-state index contributed by atoms with van der Waals surface area (Å²) in [6.07, 6.45) is 0.174. The van der Waals surface area contributed by atoms with E-state index in [1.807, 2.05) is 0 Å². The second-order valence-electron chi connectivity index (χ2n) is 4.35. The molecule has 0 aromatic heterocycles. The molecular formula is C11H15N3O3S. The summed E-state index contributed by atoms with van der Waals surface area (Å²) in [5, 5.41) is 2.58. The van der Waals surface area contributed by atoms with Crippen LogP contribution in [0, 0.1) is 6.92 Å². The SMILES string of the molecule is Cc1cc(N)ccc1S(=O)(=O)NC1CNC(=O)C1. The number of nitrogens with two attached hydrogens (primary N) is 1. The number of nitrogens with one attached hydrogen (secondary N) is 2. The number of hydrogen-bond donors (Lipinski definition) is 3. The van der Waals surface area contributed by atoms with Gasteiger partial charge in [-0.25, -0.2) is 13.1 Å². The minimum absolute atomic E-state index is 0.142. The van der Waals surface area contributed by atoms with E-state index >= 15 is 0 Å². The van der Waals surface area contributed by atoms with Crippen molar-refractivity contribution in [3.8, 4) is 0 Å². The Morgan fingerprint density at radius 3 is 2.72 bits per heavy atom. The standard InChI is InChI=1S/C11H15N3O3S/c1-7-4-8(12)2-3-10(7)18(16,17)14-9-5-11(15)13-6-9/h2-4,9,14H,5-6,12H2,1H3,(H,13,15). The van der Waals surface area contributed by atoms with Crippen LogP contribution >= 0.6 is 0 Å². The first-order valence-corrected chi connectivity index (χ1v) is 7.02. The normalized spacial score (nSPS) is 19.8. The third-order valence-corrected chi connectivity index (χ3v) is 4.47. The molecule has 4 N–H and O–H groups in total. The molecule has 1 amide bonds. The van der Waals surface area contributed by atoms with Crippen molar-refractivity contribution in [3.05, 3.63) is 23.8 Å². The first-order valence-electron chi connectivity index (χ1n) is 5.53. The summed E-state index contributed by atoms with van der Waals surface area (Å²) in [6.45, 7) is 2.01. The molecule has 98 valence electrons. The molecule has 1 heterocycles. The number of benzene rings is 1. The number of carbonyl (C=O) groups is 1. The van der Waals surface area contributed by atoms with Crippen LogP contribution in [0.25, 0.3) is 0 Å². The first-order chi connectivity index (χ1) is 8.38. The summed E-state index contributed by atoms with van der Waals surface area (Å²) in [5.41, 5.74) is 6.68. The third-order valence-electron chi connectivity index (χ3n) is 2.79. The highest BCUT2D eigenvalue weighted by Crippen LogP contribution is 2.18. The molecular weight excluding hydrogens is 254 g/mol. The van der Waals surface area contributed by atoms with E-state index in [9.17, 15) is 13.2 Å². The molecule has 1 aliphatic heterocycles. The lowest BCUT2D eigenvalue weighted by Gasteiger charge is -2.13. The van der Waals surface area contributed by atoms with Crippen molar-refractivity contribution in [1.29, 1.82) is 0 Å². The van der Waals surface area contributed by atoms with Crippen molar-refractivity contribution < 1.29 is 13.2 Å². The van der Waals surface area contributed by atoms with Gasteiger partial charge in [-0.2, -0.15) is 0 Å². The fraction of sp³-hybridized carbons (Fsp3) is 0.364. The van der Waals surface area contributed by atoms with Gasteiger partial charge in [-0.1, -0.05) is 0 Å². The first kappa shape index (κ1) is 12.8. The Labute approximate surface area is 106 Å². The predicted octanol–water partition coefficient (Wildman–Crippen LogP) is -0.256. The van der Waals surface area contributed by atoms with Crippen LogP contribution in [-0.2, 0) is 14.8 Å². The van der Waals surface area contributed by atoms with Gasteiger partial charge < -0.3 is 11.1 Å². The average Bonchev–Trinajstić information content (AvgIpc) is 2.62. The Bertz CT molecular complexity index is 583. The number of rotatable bonds is 3. The molecule has 7 heteroatoms. The maximum Gasteiger partial charge on any atom is 0.241 e. The Morgan fingerprint density at radius 1 is 1.44 bits per heavy atom. The van der Waals surface area contributed by atoms with Gasteiger partial charge >= 0.3 is 0 Å². The van der Waals surface area contributed by atoms with Gasteiger partial charge in [0.2, 0.25) is 15.9 Å². The van der Waals surface area contributed by atoms with Gasteiger partial charge in [-0.3, -0.25) is 4.79 Å². The summed E-state index contributed by atoms with van der Waals surface area (Å²) < 4.78 is 26.8. The molecule has 1 unspecified atom stereocenters. The van der Waals surface area contributed by atoms with Gasteiger partial charge in [-0.05, 0) is 30.7 Å². The number of sulfonamides is 1. The second kappa shape index (κ2) is 4.58. The Kier molecular flexibility index (Phi) is 3.27. The van der Waals surface area contributed by atoms with Crippen LogP contribution in [-0.4, -0.2) is 26.9 Å². The third kappa shape index (κ3) is 2.62. The van der Waals surface area contributed by atoms with E-state index in [1.54, 1.807) is 19.1 Å². The number of carbonyl (C=O) groups excluding carboxylic acids is 1. The molecule has 6 nitrogen and oxygen atoms in total. The topological polar surface area (TPSA) is 101 Å². The highest BCUT2D eigenvalue weighted by Gasteiger charge is 2.27. The van der Waals surface area contributed by atoms with Crippen molar-refractivity contribution in [1.82, 2.24) is 10.0 Å². The number of amides is 1. The molecule has 0 aliphatic carbocycles. The molecule has 0 bridgehead atoms. The Balaban J connectivity index is 2.23. The number of anilines is 1. The molecule has 18 heavy (non-hydrogen) atoms. The van der Waals surface area contributed by atoms with Crippen LogP contribution in [0.4, 0.5) is 5.69 Å². The minimum atomic E-state index is -3.61. The summed E-state index contributed by atoms with van der Waals surface area (Å²) in [4.78, 5) is 11.2. The fourth-order valence-corrected chi connectivity index (χ4v) is 3.41. The molecule has 0 radical (unpaired) electrons. The van der Waals surface area contributed by atoms with E-state index < -0.39 is 10.0 Å². The highest BCUT2D eigenvalue weighted by atomic mass is 32.2. The van der Waals surface area contributed by atoms with Crippen molar-refractivity contribution in [3.63, 3.8) is 0 Å². The molecule has 1 aromatic rings. The van der Waals surface area contributed by atoms with E-state index in [0.29, 0.717) is 17.8 Å². The van der Waals surface area contributed by atoms with Crippen LogP contribution in [0.2, 0.25) is 0 Å². The lowest BCUT2D eigenvalue weighted by molar-refractivity contribution is -0.119. The predicted molar refractivity (Wildman–Crippen MR) is 67.3 cm³/mol. The van der Waals surface area contributed by atoms with E-state index in [0.717, 1.165) is 0 Å².